The van der Waals surface area contributed by atoms with Crippen LogP contribution in [0.2, 0.25) is 0 Å². The van der Waals surface area contributed by atoms with Gasteiger partial charge < -0.3 is 14.8 Å². The number of benzene rings is 2. The molecule has 3 rings (SSSR count). The number of aromatic nitrogens is 2. The molecule has 0 bridgehead atoms. The van der Waals surface area contributed by atoms with Crippen molar-refractivity contribution in [1.29, 1.82) is 0 Å². The summed E-state index contributed by atoms with van der Waals surface area (Å²) in [6.45, 7) is 1.90. The molecule has 10 heteroatoms. The van der Waals surface area contributed by atoms with E-state index in [4.69, 9.17) is 4.74 Å². The Kier molecular flexibility index (Phi) is 8.96. The van der Waals surface area contributed by atoms with Crippen LogP contribution in [0.5, 0.6) is 5.75 Å². The number of Topliss-reactive ketones (excluding diaryl/α,β-unsaturated/α-hetero) is 1. The van der Waals surface area contributed by atoms with Gasteiger partial charge in [0, 0.05) is 17.7 Å². The Morgan fingerprint density at radius 3 is 2.36 bits per heavy atom. The molecule has 2 aromatic carbocycles. The summed E-state index contributed by atoms with van der Waals surface area (Å²) in [6.07, 6.45) is 0.836. The molecule has 0 spiro atoms. The first-order chi connectivity index (χ1) is 15.9. The predicted octanol–water partition coefficient (Wildman–Crippen LogP) is 4.62. The number of nitrogens with one attached hydrogen (secondary N) is 1. The molecule has 33 heavy (non-hydrogen) atoms. The standard InChI is InChI=1S/C23H23N3O5S2/c1-15(27)17-9-11-19(12-10-17)31-13-3-4-20(28)24-22-25-26-23(33-22)32-14-16-5-7-18(8-6-16)21(29)30-2/h5-12H,3-4,13-14H2,1-2H3,(H,24,25,28). The number of thioether (sulfide) groups is 1. The summed E-state index contributed by atoms with van der Waals surface area (Å²) in [4.78, 5) is 34.9. The zero-order chi connectivity index (χ0) is 23.6. The molecular formula is C23H23N3O5S2. The predicted molar refractivity (Wildman–Crippen MR) is 127 cm³/mol. The van der Waals surface area contributed by atoms with Gasteiger partial charge in [0.2, 0.25) is 11.0 Å². The van der Waals surface area contributed by atoms with Gasteiger partial charge in [0.1, 0.15) is 5.75 Å². The minimum atomic E-state index is -0.367. The molecule has 0 fully saturated rings. The molecule has 0 aliphatic carbocycles. The number of ketones is 1. The Hall–Kier alpha value is -3.24. The zero-order valence-corrected chi connectivity index (χ0v) is 19.8. The van der Waals surface area contributed by atoms with Gasteiger partial charge in [-0.1, -0.05) is 35.2 Å². The molecule has 1 heterocycles. The van der Waals surface area contributed by atoms with Crippen LogP contribution in [0.4, 0.5) is 5.13 Å². The van der Waals surface area contributed by atoms with Gasteiger partial charge in [-0.25, -0.2) is 4.79 Å². The lowest BCUT2D eigenvalue weighted by Gasteiger charge is -2.06. The second kappa shape index (κ2) is 12.1. The normalized spacial score (nSPS) is 10.5. The minimum absolute atomic E-state index is 0.00532. The highest BCUT2D eigenvalue weighted by Gasteiger charge is 2.10. The Balaban J connectivity index is 1.36. The molecular weight excluding hydrogens is 462 g/mol. The Morgan fingerprint density at radius 1 is 1.00 bits per heavy atom. The summed E-state index contributed by atoms with van der Waals surface area (Å²) in [5, 5.41) is 11.3. The average Bonchev–Trinajstić information content (AvgIpc) is 3.27. The highest BCUT2D eigenvalue weighted by atomic mass is 32.2. The summed E-state index contributed by atoms with van der Waals surface area (Å²) in [6, 6.07) is 14.1. The molecule has 0 saturated heterocycles. The lowest BCUT2D eigenvalue weighted by Crippen LogP contribution is -2.12. The van der Waals surface area contributed by atoms with Crippen LogP contribution in [0, 0.1) is 0 Å². The molecule has 0 saturated carbocycles. The number of hydrogen-bond donors (Lipinski definition) is 1. The topological polar surface area (TPSA) is 107 Å². The van der Waals surface area contributed by atoms with Crippen LogP contribution < -0.4 is 10.1 Å². The number of nitrogens with zero attached hydrogens (tertiary/aromatic N) is 2. The lowest BCUT2D eigenvalue weighted by molar-refractivity contribution is -0.116. The summed E-state index contributed by atoms with van der Waals surface area (Å²) in [5.41, 5.74) is 2.17. The zero-order valence-electron chi connectivity index (χ0n) is 18.2. The number of ether oxygens (including phenoxy) is 2. The molecule has 0 aliphatic heterocycles. The van der Waals surface area contributed by atoms with Crippen molar-refractivity contribution in [3.8, 4) is 5.75 Å². The fraction of sp³-hybridized carbons (Fsp3) is 0.261. The number of carbonyl (C=O) groups excluding carboxylic acids is 3. The van der Waals surface area contributed by atoms with Crippen molar-refractivity contribution >= 4 is 45.9 Å². The monoisotopic (exact) mass is 485 g/mol. The maximum absolute atomic E-state index is 12.1. The summed E-state index contributed by atoms with van der Waals surface area (Å²) in [5.74, 6) is 0.802. The van der Waals surface area contributed by atoms with Crippen molar-refractivity contribution < 1.29 is 23.9 Å². The van der Waals surface area contributed by atoms with Gasteiger partial charge in [-0.2, -0.15) is 0 Å². The van der Waals surface area contributed by atoms with Gasteiger partial charge in [0.15, 0.2) is 10.1 Å². The van der Waals surface area contributed by atoms with E-state index in [-0.39, 0.29) is 17.7 Å². The van der Waals surface area contributed by atoms with E-state index in [1.54, 1.807) is 36.4 Å². The SMILES string of the molecule is COC(=O)c1ccc(CSc2nnc(NC(=O)CCCOc3ccc(C(C)=O)cc3)s2)cc1. The smallest absolute Gasteiger partial charge is 0.337 e. The third-order valence-corrected chi connectivity index (χ3v) is 6.51. The Morgan fingerprint density at radius 2 is 1.70 bits per heavy atom. The molecule has 1 N–H and O–H groups in total. The van der Waals surface area contributed by atoms with Crippen LogP contribution in [0.15, 0.2) is 52.9 Å². The molecule has 0 unspecified atom stereocenters. The second-order valence-corrected chi connectivity index (χ2v) is 9.13. The Labute approximate surface area is 199 Å². The van der Waals surface area contributed by atoms with Gasteiger partial charge in [0.05, 0.1) is 19.3 Å². The number of hydrogen-bond acceptors (Lipinski definition) is 9. The Bertz CT molecular complexity index is 1100. The number of rotatable bonds is 11. The third kappa shape index (κ3) is 7.69. The number of methoxy groups -OCH3 is 1. The van der Waals surface area contributed by atoms with Crippen molar-refractivity contribution in [3.63, 3.8) is 0 Å². The van der Waals surface area contributed by atoms with E-state index in [9.17, 15) is 14.4 Å². The van der Waals surface area contributed by atoms with Gasteiger partial charge >= 0.3 is 5.97 Å². The van der Waals surface area contributed by atoms with Crippen LogP contribution in [-0.4, -0.2) is 41.6 Å². The van der Waals surface area contributed by atoms with E-state index in [0.29, 0.717) is 47.2 Å². The van der Waals surface area contributed by atoms with E-state index < -0.39 is 0 Å². The molecule has 0 atom stereocenters. The van der Waals surface area contributed by atoms with Gasteiger partial charge in [-0.15, -0.1) is 10.2 Å². The number of esters is 1. The molecule has 3 aromatic rings. The van der Waals surface area contributed by atoms with Crippen molar-refractivity contribution in [1.82, 2.24) is 10.2 Å². The molecule has 172 valence electrons. The van der Waals surface area contributed by atoms with Crippen LogP contribution in [0.3, 0.4) is 0 Å². The average molecular weight is 486 g/mol. The molecule has 0 radical (unpaired) electrons. The first kappa shape index (κ1) is 24.4. The second-order valence-electron chi connectivity index (χ2n) is 6.93. The fourth-order valence-electron chi connectivity index (χ4n) is 2.71. The fourth-order valence-corrected chi connectivity index (χ4v) is 4.43. The maximum atomic E-state index is 12.1. The van der Waals surface area contributed by atoms with Crippen LogP contribution >= 0.6 is 23.1 Å². The van der Waals surface area contributed by atoms with Gasteiger partial charge in [-0.05, 0) is 55.3 Å². The number of anilines is 1. The summed E-state index contributed by atoms with van der Waals surface area (Å²) in [7, 11) is 1.35. The van der Waals surface area contributed by atoms with E-state index in [1.165, 1.54) is 37.1 Å². The molecule has 8 nitrogen and oxygen atoms in total. The van der Waals surface area contributed by atoms with E-state index in [1.807, 2.05) is 12.1 Å². The molecule has 0 aliphatic rings. The minimum Gasteiger partial charge on any atom is -0.494 e. The highest BCUT2D eigenvalue weighted by molar-refractivity contribution is 8.00. The highest BCUT2D eigenvalue weighted by Crippen LogP contribution is 2.28. The van der Waals surface area contributed by atoms with E-state index in [2.05, 4.69) is 20.3 Å². The first-order valence-corrected chi connectivity index (χ1v) is 11.9. The quantitative estimate of drug-likeness (QED) is 0.138. The summed E-state index contributed by atoms with van der Waals surface area (Å²) >= 11 is 2.81. The summed E-state index contributed by atoms with van der Waals surface area (Å²) < 4.78 is 11.0. The maximum Gasteiger partial charge on any atom is 0.337 e. The van der Waals surface area contributed by atoms with Crippen molar-refractivity contribution in [3.05, 3.63) is 65.2 Å². The number of carbonyl (C=O) groups is 3. The van der Waals surface area contributed by atoms with Crippen molar-refractivity contribution in [2.24, 2.45) is 0 Å². The van der Waals surface area contributed by atoms with Gasteiger partial charge in [0.25, 0.3) is 0 Å². The lowest BCUT2D eigenvalue weighted by atomic mass is 10.1. The van der Waals surface area contributed by atoms with E-state index in [0.717, 1.165) is 9.90 Å². The van der Waals surface area contributed by atoms with Crippen LogP contribution in [-0.2, 0) is 15.3 Å². The first-order valence-electron chi connectivity index (χ1n) is 10.1. The van der Waals surface area contributed by atoms with Crippen LogP contribution in [0.25, 0.3) is 0 Å². The van der Waals surface area contributed by atoms with Gasteiger partial charge in [-0.3, -0.25) is 9.59 Å². The van der Waals surface area contributed by atoms with Crippen molar-refractivity contribution in [2.75, 3.05) is 19.0 Å². The third-order valence-electron chi connectivity index (χ3n) is 4.47. The largest absolute Gasteiger partial charge is 0.494 e. The molecule has 1 aromatic heterocycles. The van der Waals surface area contributed by atoms with Crippen LogP contribution in [0.1, 0.15) is 46.0 Å². The number of amides is 1. The van der Waals surface area contributed by atoms with Crippen molar-refractivity contribution in [2.45, 2.75) is 29.9 Å². The van der Waals surface area contributed by atoms with E-state index >= 15 is 0 Å². The molecule has 1 amide bonds.